The largest absolute Gasteiger partial charge is 0.383 e. The monoisotopic (exact) mass is 341 g/mol. The van der Waals surface area contributed by atoms with Crippen molar-refractivity contribution in [2.75, 3.05) is 11.1 Å². The molecule has 126 valence electrons. The van der Waals surface area contributed by atoms with E-state index in [4.69, 9.17) is 11.0 Å². The van der Waals surface area contributed by atoms with Crippen LogP contribution in [0, 0.1) is 18.3 Å². The van der Waals surface area contributed by atoms with Crippen LogP contribution in [0.2, 0.25) is 0 Å². The third-order valence-electron chi connectivity index (χ3n) is 3.95. The van der Waals surface area contributed by atoms with Crippen LogP contribution in [0.3, 0.4) is 0 Å². The van der Waals surface area contributed by atoms with Crippen LogP contribution >= 0.6 is 0 Å². The summed E-state index contributed by atoms with van der Waals surface area (Å²) >= 11 is 0. The number of aryl methyl sites for hydroxylation is 1. The van der Waals surface area contributed by atoms with Gasteiger partial charge in [0.15, 0.2) is 0 Å². The molecule has 0 fully saturated rings. The maximum atomic E-state index is 8.89. The zero-order valence-electron chi connectivity index (χ0n) is 14.0. The standard InChI is InChI=1S/C19H15N7/c1-12-22-15-4-2-3-5-16(15)26(12)19-24-17(21)10-18(25-19)23-14-8-6-13(11-20)7-9-14/h2-10H,1H3,(H3,21,23,24,25). The summed E-state index contributed by atoms with van der Waals surface area (Å²) in [7, 11) is 0. The molecule has 7 nitrogen and oxygen atoms in total. The van der Waals surface area contributed by atoms with Gasteiger partial charge in [-0.15, -0.1) is 0 Å². The SMILES string of the molecule is Cc1nc2ccccc2n1-c1nc(N)cc(Nc2ccc(C#N)cc2)n1. The number of hydrogen-bond donors (Lipinski definition) is 2. The molecule has 0 bridgehead atoms. The number of nitrogens with two attached hydrogens (primary N) is 1. The first kappa shape index (κ1) is 15.6. The fourth-order valence-corrected chi connectivity index (χ4v) is 2.79. The van der Waals surface area contributed by atoms with Crippen molar-refractivity contribution < 1.29 is 0 Å². The Kier molecular flexibility index (Phi) is 3.71. The highest BCUT2D eigenvalue weighted by Gasteiger charge is 2.13. The van der Waals surface area contributed by atoms with E-state index in [1.54, 1.807) is 18.2 Å². The Morgan fingerprint density at radius 1 is 1.04 bits per heavy atom. The molecular formula is C19H15N7. The van der Waals surface area contributed by atoms with Gasteiger partial charge in [0.1, 0.15) is 17.5 Å². The number of fused-ring (bicyclic) bond motifs is 1. The summed E-state index contributed by atoms with van der Waals surface area (Å²) in [6.45, 7) is 1.90. The van der Waals surface area contributed by atoms with Gasteiger partial charge in [-0.25, -0.2) is 4.98 Å². The number of nitrogens with one attached hydrogen (secondary N) is 1. The van der Waals surface area contributed by atoms with Gasteiger partial charge in [0.25, 0.3) is 0 Å². The number of imidazole rings is 1. The number of aromatic nitrogens is 4. The van der Waals surface area contributed by atoms with Crippen molar-refractivity contribution in [1.82, 2.24) is 19.5 Å². The van der Waals surface area contributed by atoms with Gasteiger partial charge in [0, 0.05) is 11.8 Å². The van der Waals surface area contributed by atoms with Crippen LogP contribution in [0.1, 0.15) is 11.4 Å². The van der Waals surface area contributed by atoms with Gasteiger partial charge in [-0.1, -0.05) is 12.1 Å². The highest BCUT2D eigenvalue weighted by atomic mass is 15.2. The molecule has 0 spiro atoms. The fraction of sp³-hybridized carbons (Fsp3) is 0.0526. The summed E-state index contributed by atoms with van der Waals surface area (Å²) < 4.78 is 1.87. The Morgan fingerprint density at radius 3 is 2.58 bits per heavy atom. The summed E-state index contributed by atoms with van der Waals surface area (Å²) in [5, 5.41) is 12.1. The Hall–Kier alpha value is -3.92. The molecule has 0 amide bonds. The van der Waals surface area contributed by atoms with E-state index >= 15 is 0 Å². The van der Waals surface area contributed by atoms with Crippen molar-refractivity contribution in [3.8, 4) is 12.0 Å². The lowest BCUT2D eigenvalue weighted by Crippen LogP contribution is -2.07. The molecule has 0 radical (unpaired) electrons. The predicted molar refractivity (Wildman–Crippen MR) is 100 cm³/mol. The summed E-state index contributed by atoms with van der Waals surface area (Å²) in [5.41, 5.74) is 9.18. The molecule has 0 saturated heterocycles. The van der Waals surface area contributed by atoms with Crippen LogP contribution in [0.4, 0.5) is 17.3 Å². The molecule has 0 saturated carbocycles. The molecule has 0 atom stereocenters. The quantitative estimate of drug-likeness (QED) is 0.592. The van der Waals surface area contributed by atoms with Crippen LogP contribution in [0.25, 0.3) is 17.0 Å². The molecule has 4 aromatic rings. The lowest BCUT2D eigenvalue weighted by atomic mass is 10.2. The average molecular weight is 341 g/mol. The number of benzene rings is 2. The normalized spacial score (nSPS) is 10.6. The lowest BCUT2D eigenvalue weighted by Gasteiger charge is -2.10. The topological polar surface area (TPSA) is 105 Å². The van der Waals surface area contributed by atoms with Gasteiger partial charge in [-0.3, -0.25) is 4.57 Å². The van der Waals surface area contributed by atoms with Crippen molar-refractivity contribution in [2.45, 2.75) is 6.92 Å². The number of nitrogen functional groups attached to an aromatic ring is 1. The summed E-state index contributed by atoms with van der Waals surface area (Å²) in [6, 6.07) is 18.7. The van der Waals surface area contributed by atoms with Gasteiger partial charge in [0.2, 0.25) is 5.95 Å². The number of para-hydroxylation sites is 2. The van der Waals surface area contributed by atoms with Crippen LogP contribution in [0.5, 0.6) is 0 Å². The molecular weight excluding hydrogens is 326 g/mol. The van der Waals surface area contributed by atoms with E-state index in [9.17, 15) is 0 Å². The second kappa shape index (κ2) is 6.18. The lowest BCUT2D eigenvalue weighted by molar-refractivity contribution is 0.910. The second-order valence-corrected chi connectivity index (χ2v) is 5.78. The minimum atomic E-state index is 0.350. The van der Waals surface area contributed by atoms with Gasteiger partial charge in [-0.05, 0) is 43.3 Å². The molecule has 2 heterocycles. The van der Waals surface area contributed by atoms with Crippen LogP contribution in [-0.4, -0.2) is 19.5 Å². The molecule has 4 rings (SSSR count). The predicted octanol–water partition coefficient (Wildman–Crippen LogP) is 3.32. The Morgan fingerprint density at radius 2 is 1.81 bits per heavy atom. The highest BCUT2D eigenvalue weighted by Crippen LogP contribution is 2.22. The van der Waals surface area contributed by atoms with E-state index in [2.05, 4.69) is 26.3 Å². The van der Waals surface area contributed by atoms with E-state index in [0.29, 0.717) is 23.1 Å². The van der Waals surface area contributed by atoms with Gasteiger partial charge in [0.05, 0.1) is 22.7 Å². The molecule has 0 aliphatic heterocycles. The number of nitrogens with zero attached hydrogens (tertiary/aromatic N) is 5. The number of rotatable bonds is 3. The fourth-order valence-electron chi connectivity index (χ4n) is 2.79. The third-order valence-corrected chi connectivity index (χ3v) is 3.95. The molecule has 2 aromatic carbocycles. The maximum absolute atomic E-state index is 8.89. The number of anilines is 3. The second-order valence-electron chi connectivity index (χ2n) is 5.78. The first-order chi connectivity index (χ1) is 12.6. The first-order valence-corrected chi connectivity index (χ1v) is 8.00. The van der Waals surface area contributed by atoms with Crippen molar-refractivity contribution in [3.63, 3.8) is 0 Å². The molecule has 26 heavy (non-hydrogen) atoms. The molecule has 2 aromatic heterocycles. The molecule has 0 unspecified atom stereocenters. The molecule has 0 aliphatic carbocycles. The van der Waals surface area contributed by atoms with Gasteiger partial charge >= 0.3 is 0 Å². The molecule has 0 aliphatic rings. The third kappa shape index (κ3) is 2.80. The van der Waals surface area contributed by atoms with Crippen LogP contribution < -0.4 is 11.1 Å². The van der Waals surface area contributed by atoms with Crippen LogP contribution in [0.15, 0.2) is 54.6 Å². The minimum absolute atomic E-state index is 0.350. The van der Waals surface area contributed by atoms with E-state index in [-0.39, 0.29) is 0 Å². The highest BCUT2D eigenvalue weighted by molar-refractivity contribution is 5.77. The zero-order chi connectivity index (χ0) is 18.1. The van der Waals surface area contributed by atoms with E-state index < -0.39 is 0 Å². The smallest absolute Gasteiger partial charge is 0.239 e. The van der Waals surface area contributed by atoms with E-state index in [1.165, 1.54) is 0 Å². The van der Waals surface area contributed by atoms with Crippen molar-refractivity contribution >= 4 is 28.4 Å². The number of nitriles is 1. The van der Waals surface area contributed by atoms with Crippen molar-refractivity contribution in [2.24, 2.45) is 0 Å². The Bertz CT molecular complexity index is 1140. The summed E-state index contributed by atoms with van der Waals surface area (Å²) in [5.74, 6) is 2.14. The van der Waals surface area contributed by atoms with Crippen molar-refractivity contribution in [1.29, 1.82) is 5.26 Å². The Labute approximate surface area is 149 Å². The van der Waals surface area contributed by atoms with E-state index in [0.717, 1.165) is 22.5 Å². The number of hydrogen-bond acceptors (Lipinski definition) is 6. The van der Waals surface area contributed by atoms with E-state index in [1.807, 2.05) is 47.9 Å². The van der Waals surface area contributed by atoms with Gasteiger partial charge < -0.3 is 11.1 Å². The zero-order valence-corrected chi connectivity index (χ0v) is 14.0. The maximum Gasteiger partial charge on any atom is 0.239 e. The summed E-state index contributed by atoms with van der Waals surface area (Å²) in [4.78, 5) is 13.5. The van der Waals surface area contributed by atoms with Crippen molar-refractivity contribution in [3.05, 3.63) is 66.0 Å². The Balaban J connectivity index is 1.76. The molecule has 3 N–H and O–H groups in total. The first-order valence-electron chi connectivity index (χ1n) is 8.00. The summed E-state index contributed by atoms with van der Waals surface area (Å²) in [6.07, 6.45) is 0. The van der Waals surface area contributed by atoms with Crippen LogP contribution in [-0.2, 0) is 0 Å². The molecule has 7 heteroatoms. The average Bonchev–Trinajstić information content (AvgIpc) is 2.97. The minimum Gasteiger partial charge on any atom is -0.383 e. The van der Waals surface area contributed by atoms with Gasteiger partial charge in [-0.2, -0.15) is 15.2 Å².